The van der Waals surface area contributed by atoms with E-state index in [1.807, 2.05) is 67.6 Å². The van der Waals surface area contributed by atoms with Crippen LogP contribution in [0.4, 0.5) is 0 Å². The van der Waals surface area contributed by atoms with E-state index in [1.165, 1.54) is 0 Å². The number of hydrogen-bond donors (Lipinski definition) is 2. The van der Waals surface area contributed by atoms with E-state index >= 15 is 0 Å². The van der Waals surface area contributed by atoms with Crippen molar-refractivity contribution in [3.05, 3.63) is 70.7 Å². The smallest absolute Gasteiger partial charge is 0.128 e. The molecule has 3 nitrogen and oxygen atoms in total. The normalized spacial score (nSPS) is 13.7. The Labute approximate surface area is 143 Å². The number of aliphatic hydroxyl groups excluding tert-OH is 1. The molecule has 3 rings (SSSR count). The molecule has 0 bridgehead atoms. The van der Waals surface area contributed by atoms with Crippen molar-refractivity contribution in [1.82, 2.24) is 0 Å². The molecule has 0 saturated heterocycles. The highest BCUT2D eigenvalue weighted by molar-refractivity contribution is 9.10. The highest BCUT2D eigenvalue weighted by Gasteiger charge is 2.19. The molecular formula is C19H18BrNO2. The summed E-state index contributed by atoms with van der Waals surface area (Å²) in [5.74, 6) is 1.56. The second kappa shape index (κ2) is 6.32. The summed E-state index contributed by atoms with van der Waals surface area (Å²) in [5, 5.41) is 11.5. The SMILES string of the molecule is C[C@](N)(CO)c1ccc2cc(Oc3cccc(Br)c3)ccc2c1. The lowest BCUT2D eigenvalue weighted by Gasteiger charge is -2.22. The largest absolute Gasteiger partial charge is 0.457 e. The maximum Gasteiger partial charge on any atom is 0.128 e. The molecule has 3 aromatic carbocycles. The zero-order chi connectivity index (χ0) is 16.4. The standard InChI is InChI=1S/C19H18BrNO2/c1-19(21,12-22)15-7-5-14-10-18(8-6-13(14)9-15)23-17-4-2-3-16(20)11-17/h2-11,22H,12,21H2,1H3/t19-/m0/s1. The molecule has 4 heteroatoms. The van der Waals surface area contributed by atoms with Crippen LogP contribution in [0, 0.1) is 0 Å². The van der Waals surface area contributed by atoms with Gasteiger partial charge < -0.3 is 15.6 Å². The maximum atomic E-state index is 9.40. The van der Waals surface area contributed by atoms with Gasteiger partial charge in [0.2, 0.25) is 0 Å². The summed E-state index contributed by atoms with van der Waals surface area (Å²) in [5.41, 5.74) is 6.27. The van der Waals surface area contributed by atoms with Crippen LogP contribution in [0.5, 0.6) is 11.5 Å². The molecule has 3 aromatic rings. The fraction of sp³-hybridized carbons (Fsp3) is 0.158. The summed E-state index contributed by atoms with van der Waals surface area (Å²) in [7, 11) is 0. The summed E-state index contributed by atoms with van der Waals surface area (Å²) in [6.45, 7) is 1.72. The molecule has 0 amide bonds. The average Bonchev–Trinajstić information content (AvgIpc) is 2.54. The fourth-order valence-corrected chi connectivity index (χ4v) is 2.78. The average molecular weight is 372 g/mol. The van der Waals surface area contributed by atoms with Gasteiger partial charge in [0.1, 0.15) is 11.5 Å². The monoisotopic (exact) mass is 371 g/mol. The molecule has 0 aliphatic rings. The molecule has 0 spiro atoms. The Balaban J connectivity index is 1.92. The Morgan fingerprint density at radius 3 is 2.43 bits per heavy atom. The second-order valence-corrected chi connectivity index (χ2v) is 6.77. The zero-order valence-electron chi connectivity index (χ0n) is 12.8. The molecule has 0 heterocycles. The third kappa shape index (κ3) is 3.55. The summed E-state index contributed by atoms with van der Waals surface area (Å²) < 4.78 is 6.87. The van der Waals surface area contributed by atoms with Gasteiger partial charge in [0.15, 0.2) is 0 Å². The number of aliphatic hydroxyl groups is 1. The molecule has 0 saturated carbocycles. The minimum absolute atomic E-state index is 0.0947. The predicted octanol–water partition coefficient (Wildman–Crippen LogP) is 4.56. The van der Waals surface area contributed by atoms with E-state index in [2.05, 4.69) is 15.9 Å². The van der Waals surface area contributed by atoms with E-state index in [0.717, 1.165) is 32.3 Å². The molecule has 0 fully saturated rings. The van der Waals surface area contributed by atoms with Gasteiger partial charge in [-0.1, -0.05) is 40.2 Å². The van der Waals surface area contributed by atoms with Crippen LogP contribution in [0.25, 0.3) is 10.8 Å². The predicted molar refractivity (Wildman–Crippen MR) is 96.8 cm³/mol. The van der Waals surface area contributed by atoms with Crippen molar-refractivity contribution in [3.8, 4) is 11.5 Å². The van der Waals surface area contributed by atoms with E-state index < -0.39 is 5.54 Å². The number of ether oxygens (including phenoxy) is 1. The molecular weight excluding hydrogens is 354 g/mol. The Morgan fingerprint density at radius 2 is 1.70 bits per heavy atom. The third-order valence-electron chi connectivity index (χ3n) is 3.83. The lowest BCUT2D eigenvalue weighted by Crippen LogP contribution is -2.36. The van der Waals surface area contributed by atoms with Gasteiger partial charge >= 0.3 is 0 Å². The van der Waals surface area contributed by atoms with Crippen LogP contribution in [0.3, 0.4) is 0 Å². The van der Waals surface area contributed by atoms with E-state index in [0.29, 0.717) is 0 Å². The van der Waals surface area contributed by atoms with Crippen LogP contribution in [-0.4, -0.2) is 11.7 Å². The van der Waals surface area contributed by atoms with Gasteiger partial charge in [-0.05, 0) is 59.7 Å². The van der Waals surface area contributed by atoms with Crippen LogP contribution in [0.1, 0.15) is 12.5 Å². The van der Waals surface area contributed by atoms with Crippen molar-refractivity contribution in [2.24, 2.45) is 5.73 Å². The van der Waals surface area contributed by atoms with Gasteiger partial charge in [0.05, 0.1) is 12.1 Å². The lowest BCUT2D eigenvalue weighted by atomic mass is 9.92. The zero-order valence-corrected chi connectivity index (χ0v) is 14.4. The highest BCUT2D eigenvalue weighted by atomic mass is 79.9. The first-order valence-corrected chi connectivity index (χ1v) is 8.15. The fourth-order valence-electron chi connectivity index (χ4n) is 2.40. The maximum absolute atomic E-state index is 9.40. The molecule has 118 valence electrons. The van der Waals surface area contributed by atoms with Crippen molar-refractivity contribution in [1.29, 1.82) is 0 Å². The summed E-state index contributed by atoms with van der Waals surface area (Å²) in [4.78, 5) is 0. The second-order valence-electron chi connectivity index (χ2n) is 5.86. The van der Waals surface area contributed by atoms with Crippen molar-refractivity contribution in [2.75, 3.05) is 6.61 Å². The van der Waals surface area contributed by atoms with Gasteiger partial charge in [-0.3, -0.25) is 0 Å². The number of hydrogen-bond acceptors (Lipinski definition) is 3. The van der Waals surface area contributed by atoms with Crippen LogP contribution < -0.4 is 10.5 Å². The molecule has 0 radical (unpaired) electrons. The minimum atomic E-state index is -0.736. The summed E-state index contributed by atoms with van der Waals surface area (Å²) >= 11 is 3.44. The molecule has 3 N–H and O–H groups in total. The summed E-state index contributed by atoms with van der Waals surface area (Å²) in [6, 6.07) is 19.6. The van der Waals surface area contributed by atoms with Gasteiger partial charge in [-0.25, -0.2) is 0 Å². The topological polar surface area (TPSA) is 55.5 Å². The minimum Gasteiger partial charge on any atom is -0.457 e. The highest BCUT2D eigenvalue weighted by Crippen LogP contribution is 2.29. The van der Waals surface area contributed by atoms with Crippen LogP contribution in [-0.2, 0) is 5.54 Å². The number of halogens is 1. The van der Waals surface area contributed by atoms with Crippen LogP contribution >= 0.6 is 15.9 Å². The number of fused-ring (bicyclic) bond motifs is 1. The van der Waals surface area contributed by atoms with Gasteiger partial charge in [-0.2, -0.15) is 0 Å². The first kappa shape index (κ1) is 16.0. The van der Waals surface area contributed by atoms with E-state index in [9.17, 15) is 5.11 Å². The van der Waals surface area contributed by atoms with Crippen molar-refractivity contribution in [3.63, 3.8) is 0 Å². The van der Waals surface area contributed by atoms with Crippen molar-refractivity contribution < 1.29 is 9.84 Å². The quantitative estimate of drug-likeness (QED) is 0.706. The Bertz CT molecular complexity index is 846. The Hall–Kier alpha value is -1.88. The van der Waals surface area contributed by atoms with Gasteiger partial charge in [0.25, 0.3) is 0 Å². The van der Waals surface area contributed by atoms with E-state index in [4.69, 9.17) is 10.5 Å². The first-order chi connectivity index (χ1) is 11.0. The molecule has 0 unspecified atom stereocenters. The number of benzene rings is 3. The van der Waals surface area contributed by atoms with E-state index in [1.54, 1.807) is 0 Å². The lowest BCUT2D eigenvalue weighted by molar-refractivity contribution is 0.210. The molecule has 0 aliphatic heterocycles. The number of nitrogens with two attached hydrogens (primary N) is 1. The molecule has 1 atom stereocenters. The van der Waals surface area contributed by atoms with Gasteiger partial charge in [-0.15, -0.1) is 0 Å². The summed E-state index contributed by atoms with van der Waals surface area (Å²) in [6.07, 6.45) is 0. The molecule has 23 heavy (non-hydrogen) atoms. The molecule has 0 aliphatic carbocycles. The van der Waals surface area contributed by atoms with Crippen molar-refractivity contribution in [2.45, 2.75) is 12.5 Å². The third-order valence-corrected chi connectivity index (χ3v) is 4.32. The van der Waals surface area contributed by atoms with E-state index in [-0.39, 0.29) is 6.61 Å². The van der Waals surface area contributed by atoms with Crippen molar-refractivity contribution >= 4 is 26.7 Å². The Morgan fingerprint density at radius 1 is 1.00 bits per heavy atom. The first-order valence-electron chi connectivity index (χ1n) is 7.35. The Kier molecular flexibility index (Phi) is 4.39. The molecule has 0 aromatic heterocycles. The van der Waals surface area contributed by atoms with Gasteiger partial charge in [0, 0.05) is 4.47 Å². The van der Waals surface area contributed by atoms with Crippen LogP contribution in [0.15, 0.2) is 65.1 Å². The van der Waals surface area contributed by atoms with Crippen LogP contribution in [0.2, 0.25) is 0 Å². The number of rotatable bonds is 4.